The molecule has 3 aromatic rings. The molecular weight excluding hydrogens is 320 g/mol. The van der Waals surface area contributed by atoms with E-state index in [0.29, 0.717) is 13.1 Å². The van der Waals surface area contributed by atoms with Crippen LogP contribution in [0.3, 0.4) is 0 Å². The fourth-order valence-electron chi connectivity index (χ4n) is 2.59. The van der Waals surface area contributed by atoms with Crippen molar-refractivity contribution in [3.63, 3.8) is 0 Å². The van der Waals surface area contributed by atoms with Gasteiger partial charge < -0.3 is 0 Å². The summed E-state index contributed by atoms with van der Waals surface area (Å²) >= 11 is 0. The van der Waals surface area contributed by atoms with Gasteiger partial charge in [0.05, 0.1) is 24.5 Å². The number of aromatic nitrogens is 2. The third kappa shape index (κ3) is 5.45. The average molecular weight is 342 g/mol. The molecule has 0 radical (unpaired) electrons. The monoisotopic (exact) mass is 342 g/mol. The molecule has 0 N–H and O–H groups in total. The summed E-state index contributed by atoms with van der Waals surface area (Å²) in [6, 6.07) is 20.2. The second-order valence-corrected chi connectivity index (χ2v) is 6.17. The first-order valence-electron chi connectivity index (χ1n) is 8.64. The highest BCUT2D eigenvalue weighted by Crippen LogP contribution is 2.08. The lowest BCUT2D eigenvalue weighted by Crippen LogP contribution is -1.92. The van der Waals surface area contributed by atoms with Gasteiger partial charge in [-0.1, -0.05) is 36.4 Å². The van der Waals surface area contributed by atoms with Crippen LogP contribution in [0.25, 0.3) is 0 Å². The molecule has 4 nitrogen and oxygen atoms in total. The van der Waals surface area contributed by atoms with E-state index in [1.54, 1.807) is 0 Å². The molecule has 0 aliphatic rings. The third-order valence-corrected chi connectivity index (χ3v) is 3.81. The van der Waals surface area contributed by atoms with Crippen LogP contribution in [0.2, 0.25) is 0 Å². The zero-order valence-corrected chi connectivity index (χ0v) is 15.1. The SMILES string of the molecule is Cc1cccc(C=NCc2cccc(CN=Cc3cccc(C)n3)c2)n1. The number of pyridine rings is 2. The van der Waals surface area contributed by atoms with Gasteiger partial charge in [0.25, 0.3) is 0 Å². The molecule has 26 heavy (non-hydrogen) atoms. The maximum absolute atomic E-state index is 4.50. The Bertz CT molecular complexity index is 856. The van der Waals surface area contributed by atoms with Gasteiger partial charge in [-0.3, -0.25) is 20.0 Å². The average Bonchev–Trinajstić information content (AvgIpc) is 2.62. The minimum atomic E-state index is 0.632. The van der Waals surface area contributed by atoms with Crippen molar-refractivity contribution in [1.82, 2.24) is 9.97 Å². The Labute approximate surface area is 154 Å². The molecule has 0 aliphatic carbocycles. The second kappa shape index (κ2) is 8.81. The number of nitrogens with zero attached hydrogens (tertiary/aromatic N) is 4. The van der Waals surface area contributed by atoms with Gasteiger partial charge >= 0.3 is 0 Å². The second-order valence-electron chi connectivity index (χ2n) is 6.17. The standard InChI is InChI=1S/C22H22N4/c1-17-6-3-10-21(25-17)15-23-13-19-8-5-9-20(12-19)14-24-16-22-11-4-7-18(2)26-22/h3-12,15-16H,13-14H2,1-2H3. The van der Waals surface area contributed by atoms with E-state index >= 15 is 0 Å². The molecule has 130 valence electrons. The summed E-state index contributed by atoms with van der Waals surface area (Å²) in [6.07, 6.45) is 3.64. The number of hydrogen-bond donors (Lipinski definition) is 0. The molecule has 0 saturated heterocycles. The van der Waals surface area contributed by atoms with Gasteiger partial charge in [-0.15, -0.1) is 0 Å². The van der Waals surface area contributed by atoms with Crippen molar-refractivity contribution in [2.75, 3.05) is 0 Å². The summed E-state index contributed by atoms with van der Waals surface area (Å²) in [5, 5.41) is 0. The molecule has 0 unspecified atom stereocenters. The van der Waals surface area contributed by atoms with E-state index in [2.05, 4.69) is 38.2 Å². The van der Waals surface area contributed by atoms with Gasteiger partial charge in [-0.05, 0) is 49.2 Å². The molecule has 0 atom stereocenters. The lowest BCUT2D eigenvalue weighted by Gasteiger charge is -2.01. The fourth-order valence-corrected chi connectivity index (χ4v) is 2.59. The van der Waals surface area contributed by atoms with Crippen molar-refractivity contribution in [1.29, 1.82) is 0 Å². The number of aliphatic imine (C=N–C) groups is 2. The third-order valence-electron chi connectivity index (χ3n) is 3.81. The Morgan fingerprint density at radius 3 is 1.62 bits per heavy atom. The molecule has 3 rings (SSSR count). The quantitative estimate of drug-likeness (QED) is 0.626. The molecule has 2 aromatic heterocycles. The molecule has 2 heterocycles. The van der Waals surface area contributed by atoms with E-state index < -0.39 is 0 Å². The Kier molecular flexibility index (Phi) is 5.99. The van der Waals surface area contributed by atoms with Crippen molar-refractivity contribution in [2.24, 2.45) is 9.98 Å². The zero-order valence-electron chi connectivity index (χ0n) is 15.1. The van der Waals surface area contributed by atoms with Crippen LogP contribution in [0.5, 0.6) is 0 Å². The summed E-state index contributed by atoms with van der Waals surface area (Å²) in [4.78, 5) is 17.8. The number of aryl methyl sites for hydroxylation is 2. The van der Waals surface area contributed by atoms with Crippen LogP contribution >= 0.6 is 0 Å². The summed E-state index contributed by atoms with van der Waals surface area (Å²) in [5.74, 6) is 0. The highest BCUT2D eigenvalue weighted by Gasteiger charge is 1.96. The van der Waals surface area contributed by atoms with Crippen molar-refractivity contribution in [3.8, 4) is 0 Å². The normalized spacial score (nSPS) is 11.5. The summed E-state index contributed by atoms with van der Waals surface area (Å²) < 4.78 is 0. The van der Waals surface area contributed by atoms with E-state index in [1.807, 2.05) is 68.7 Å². The summed E-state index contributed by atoms with van der Waals surface area (Å²) in [5.41, 5.74) is 6.09. The van der Waals surface area contributed by atoms with Crippen LogP contribution in [0.15, 0.2) is 70.6 Å². The highest BCUT2D eigenvalue weighted by atomic mass is 14.8. The Morgan fingerprint density at radius 2 is 1.15 bits per heavy atom. The van der Waals surface area contributed by atoms with E-state index in [1.165, 1.54) is 0 Å². The Hall–Kier alpha value is -3.14. The molecule has 0 aliphatic heterocycles. The van der Waals surface area contributed by atoms with E-state index in [4.69, 9.17) is 0 Å². The maximum atomic E-state index is 4.50. The molecule has 0 saturated carbocycles. The predicted molar refractivity (Wildman–Crippen MR) is 107 cm³/mol. The first-order valence-corrected chi connectivity index (χ1v) is 8.64. The molecule has 0 spiro atoms. The van der Waals surface area contributed by atoms with Crippen LogP contribution in [-0.2, 0) is 13.1 Å². The van der Waals surface area contributed by atoms with Gasteiger partial charge in [0.2, 0.25) is 0 Å². The van der Waals surface area contributed by atoms with Gasteiger partial charge in [-0.2, -0.15) is 0 Å². The van der Waals surface area contributed by atoms with Crippen LogP contribution in [0.4, 0.5) is 0 Å². The molecule has 0 amide bonds. The minimum absolute atomic E-state index is 0.632. The molecule has 0 bridgehead atoms. The largest absolute Gasteiger partial charge is 0.286 e. The van der Waals surface area contributed by atoms with E-state index in [9.17, 15) is 0 Å². The van der Waals surface area contributed by atoms with Gasteiger partial charge in [0.15, 0.2) is 0 Å². The maximum Gasteiger partial charge on any atom is 0.0811 e. The van der Waals surface area contributed by atoms with Gasteiger partial charge in [0, 0.05) is 23.8 Å². The fraction of sp³-hybridized carbons (Fsp3) is 0.182. The Morgan fingerprint density at radius 1 is 0.692 bits per heavy atom. The zero-order chi connectivity index (χ0) is 18.2. The predicted octanol–water partition coefficient (Wildman–Crippen LogP) is 4.33. The number of rotatable bonds is 6. The van der Waals surface area contributed by atoms with Crippen molar-refractivity contribution < 1.29 is 0 Å². The topological polar surface area (TPSA) is 50.5 Å². The van der Waals surface area contributed by atoms with E-state index in [-0.39, 0.29) is 0 Å². The van der Waals surface area contributed by atoms with Gasteiger partial charge in [0.1, 0.15) is 0 Å². The molecule has 0 fully saturated rings. The smallest absolute Gasteiger partial charge is 0.0811 e. The lowest BCUT2D eigenvalue weighted by atomic mass is 10.1. The van der Waals surface area contributed by atoms with Crippen molar-refractivity contribution in [2.45, 2.75) is 26.9 Å². The summed E-state index contributed by atoms with van der Waals surface area (Å²) in [6.45, 7) is 5.22. The van der Waals surface area contributed by atoms with Crippen LogP contribution in [0.1, 0.15) is 33.9 Å². The highest BCUT2D eigenvalue weighted by molar-refractivity contribution is 5.77. The van der Waals surface area contributed by atoms with E-state index in [0.717, 1.165) is 33.9 Å². The molecular formula is C22H22N4. The molecule has 4 heteroatoms. The minimum Gasteiger partial charge on any atom is -0.286 e. The molecule has 1 aromatic carbocycles. The number of benzene rings is 1. The lowest BCUT2D eigenvalue weighted by molar-refractivity contribution is 1.03. The van der Waals surface area contributed by atoms with Crippen LogP contribution < -0.4 is 0 Å². The van der Waals surface area contributed by atoms with Gasteiger partial charge in [-0.25, -0.2) is 0 Å². The number of hydrogen-bond acceptors (Lipinski definition) is 4. The van der Waals surface area contributed by atoms with Crippen LogP contribution in [-0.4, -0.2) is 22.4 Å². The Balaban J connectivity index is 1.59. The first-order chi connectivity index (χ1) is 12.7. The first kappa shape index (κ1) is 17.7. The van der Waals surface area contributed by atoms with Crippen molar-refractivity contribution >= 4 is 12.4 Å². The van der Waals surface area contributed by atoms with Crippen LogP contribution in [0, 0.1) is 13.8 Å². The van der Waals surface area contributed by atoms with Crippen molar-refractivity contribution in [3.05, 3.63) is 94.6 Å². The summed E-state index contributed by atoms with van der Waals surface area (Å²) in [7, 11) is 0.